The van der Waals surface area contributed by atoms with Gasteiger partial charge in [0.05, 0.1) is 5.54 Å². The lowest BCUT2D eigenvalue weighted by Gasteiger charge is -2.45. The second-order valence-electron chi connectivity index (χ2n) is 6.74. The number of likely N-dealkylation sites (N-methyl/N-ethyl adjacent to an activating group) is 1. The van der Waals surface area contributed by atoms with Gasteiger partial charge in [-0.2, -0.15) is 0 Å². The maximum atomic E-state index is 12.7. The minimum atomic E-state index is 0.0404. The summed E-state index contributed by atoms with van der Waals surface area (Å²) in [5, 5.41) is 3.27. The van der Waals surface area contributed by atoms with E-state index in [0.29, 0.717) is 11.8 Å². The second kappa shape index (κ2) is 6.74. The average molecular weight is 266 g/mol. The van der Waals surface area contributed by atoms with Gasteiger partial charge in [-0.3, -0.25) is 4.79 Å². The summed E-state index contributed by atoms with van der Waals surface area (Å²) in [5.41, 5.74) is 0.0404. The van der Waals surface area contributed by atoms with Crippen molar-refractivity contribution in [2.75, 3.05) is 20.1 Å². The highest BCUT2D eigenvalue weighted by atomic mass is 16.2. The summed E-state index contributed by atoms with van der Waals surface area (Å²) in [7, 11) is 1.99. The van der Waals surface area contributed by atoms with Crippen molar-refractivity contribution >= 4 is 5.91 Å². The van der Waals surface area contributed by atoms with Crippen LogP contribution in [0.15, 0.2) is 0 Å². The first kappa shape index (κ1) is 14.8. The summed E-state index contributed by atoms with van der Waals surface area (Å²) in [4.78, 5) is 14.8. The van der Waals surface area contributed by atoms with Crippen LogP contribution >= 0.6 is 0 Å². The largest absolute Gasteiger partial charge is 0.336 e. The number of carbonyl (C=O) groups excluding carboxylic acids is 1. The van der Waals surface area contributed by atoms with Crippen molar-refractivity contribution in [3.8, 4) is 0 Å². The fraction of sp³-hybridized carbons (Fsp3) is 0.938. The van der Waals surface area contributed by atoms with Gasteiger partial charge in [0.25, 0.3) is 0 Å². The lowest BCUT2D eigenvalue weighted by molar-refractivity contribution is -0.140. The molecular formula is C16H30N2O. The van der Waals surface area contributed by atoms with Crippen molar-refractivity contribution in [2.24, 2.45) is 5.92 Å². The van der Waals surface area contributed by atoms with Gasteiger partial charge in [-0.1, -0.05) is 19.3 Å². The minimum absolute atomic E-state index is 0.0404. The monoisotopic (exact) mass is 266 g/mol. The SMILES string of the molecule is CNCC1(C)CCCCN1C(=O)CC1CCCCC1. The molecule has 1 N–H and O–H groups in total. The summed E-state index contributed by atoms with van der Waals surface area (Å²) in [6, 6.07) is 0. The van der Waals surface area contributed by atoms with Crippen LogP contribution in [-0.2, 0) is 4.79 Å². The molecule has 1 saturated heterocycles. The lowest BCUT2D eigenvalue weighted by Crippen LogP contribution is -2.57. The van der Waals surface area contributed by atoms with Crippen LogP contribution in [0.2, 0.25) is 0 Å². The van der Waals surface area contributed by atoms with Crippen molar-refractivity contribution in [3.63, 3.8) is 0 Å². The van der Waals surface area contributed by atoms with Gasteiger partial charge in [-0.15, -0.1) is 0 Å². The molecule has 2 aliphatic rings. The Balaban J connectivity index is 1.94. The molecule has 2 rings (SSSR count). The van der Waals surface area contributed by atoms with E-state index in [0.717, 1.165) is 25.9 Å². The van der Waals surface area contributed by atoms with Gasteiger partial charge in [0, 0.05) is 19.5 Å². The summed E-state index contributed by atoms with van der Waals surface area (Å²) < 4.78 is 0. The van der Waals surface area contributed by atoms with Crippen molar-refractivity contribution in [3.05, 3.63) is 0 Å². The van der Waals surface area contributed by atoms with Gasteiger partial charge in [0.15, 0.2) is 0 Å². The molecule has 1 aliphatic carbocycles. The number of hydrogen-bond donors (Lipinski definition) is 1. The van der Waals surface area contributed by atoms with Crippen LogP contribution in [0.4, 0.5) is 0 Å². The molecule has 0 bridgehead atoms. The standard InChI is InChI=1S/C16H30N2O/c1-16(13-17-2)10-6-7-11-18(16)15(19)12-14-8-4-3-5-9-14/h14,17H,3-13H2,1-2H3. The van der Waals surface area contributed by atoms with E-state index in [1.807, 2.05) is 7.05 Å². The summed E-state index contributed by atoms with van der Waals surface area (Å²) in [6.45, 7) is 4.13. The Morgan fingerprint density at radius 2 is 1.95 bits per heavy atom. The number of hydrogen-bond acceptors (Lipinski definition) is 2. The number of rotatable bonds is 4. The minimum Gasteiger partial charge on any atom is -0.336 e. The molecule has 1 atom stereocenters. The normalized spacial score (nSPS) is 29.5. The lowest BCUT2D eigenvalue weighted by atomic mass is 9.84. The molecule has 1 aliphatic heterocycles. The summed E-state index contributed by atoms with van der Waals surface area (Å²) in [5.74, 6) is 1.06. The Hall–Kier alpha value is -0.570. The van der Waals surface area contributed by atoms with E-state index < -0.39 is 0 Å². The van der Waals surface area contributed by atoms with Crippen molar-refractivity contribution in [2.45, 2.75) is 70.3 Å². The fourth-order valence-corrected chi connectivity index (χ4v) is 3.92. The Bertz CT molecular complexity index is 295. The zero-order valence-corrected chi connectivity index (χ0v) is 12.7. The van der Waals surface area contributed by atoms with Crippen molar-refractivity contribution in [1.82, 2.24) is 10.2 Å². The van der Waals surface area contributed by atoms with Gasteiger partial charge < -0.3 is 10.2 Å². The third-order valence-corrected chi connectivity index (χ3v) is 5.05. The molecule has 0 aromatic rings. The van der Waals surface area contributed by atoms with Crippen molar-refractivity contribution < 1.29 is 4.79 Å². The van der Waals surface area contributed by atoms with Gasteiger partial charge >= 0.3 is 0 Å². The molecule has 1 heterocycles. The zero-order valence-electron chi connectivity index (χ0n) is 12.7. The van der Waals surface area contributed by atoms with Crippen LogP contribution in [0.3, 0.4) is 0 Å². The zero-order chi connectivity index (χ0) is 13.7. The predicted octanol–water partition coefficient (Wildman–Crippen LogP) is 2.95. The van der Waals surface area contributed by atoms with E-state index in [2.05, 4.69) is 17.1 Å². The molecule has 2 fully saturated rings. The maximum Gasteiger partial charge on any atom is 0.223 e. The fourth-order valence-electron chi connectivity index (χ4n) is 3.92. The quantitative estimate of drug-likeness (QED) is 0.848. The van der Waals surface area contributed by atoms with Crippen LogP contribution in [0.25, 0.3) is 0 Å². The number of piperidine rings is 1. The maximum absolute atomic E-state index is 12.7. The number of carbonyl (C=O) groups is 1. The number of amides is 1. The van der Waals surface area contributed by atoms with Gasteiger partial charge in [0.1, 0.15) is 0 Å². The van der Waals surface area contributed by atoms with Crippen LogP contribution < -0.4 is 5.32 Å². The highest BCUT2D eigenvalue weighted by Crippen LogP contribution is 2.31. The molecule has 1 saturated carbocycles. The summed E-state index contributed by atoms with van der Waals surface area (Å²) >= 11 is 0. The van der Waals surface area contributed by atoms with Gasteiger partial charge in [-0.25, -0.2) is 0 Å². The van der Waals surface area contributed by atoms with E-state index in [1.54, 1.807) is 0 Å². The first-order valence-corrected chi connectivity index (χ1v) is 8.11. The van der Waals surface area contributed by atoms with Crippen LogP contribution in [0.5, 0.6) is 0 Å². The van der Waals surface area contributed by atoms with Crippen LogP contribution in [-0.4, -0.2) is 36.5 Å². The molecule has 1 amide bonds. The third kappa shape index (κ3) is 3.71. The second-order valence-corrected chi connectivity index (χ2v) is 6.74. The number of nitrogens with one attached hydrogen (secondary N) is 1. The van der Waals surface area contributed by atoms with E-state index >= 15 is 0 Å². The molecule has 0 aromatic carbocycles. The van der Waals surface area contributed by atoms with E-state index in [4.69, 9.17) is 0 Å². The number of nitrogens with zero attached hydrogens (tertiary/aromatic N) is 1. The Kier molecular flexibility index (Phi) is 5.26. The molecule has 1 unspecified atom stereocenters. The molecule has 0 spiro atoms. The predicted molar refractivity (Wildman–Crippen MR) is 79.1 cm³/mol. The molecule has 0 radical (unpaired) electrons. The third-order valence-electron chi connectivity index (χ3n) is 5.05. The molecular weight excluding hydrogens is 236 g/mol. The van der Waals surface area contributed by atoms with Crippen LogP contribution in [0, 0.1) is 5.92 Å². The van der Waals surface area contributed by atoms with E-state index in [-0.39, 0.29) is 5.54 Å². The van der Waals surface area contributed by atoms with Crippen molar-refractivity contribution in [1.29, 1.82) is 0 Å². The first-order valence-electron chi connectivity index (χ1n) is 8.11. The van der Waals surface area contributed by atoms with E-state index in [9.17, 15) is 4.79 Å². The topological polar surface area (TPSA) is 32.3 Å². The number of likely N-dealkylation sites (tertiary alicyclic amines) is 1. The molecule has 110 valence electrons. The average Bonchev–Trinajstić information content (AvgIpc) is 2.40. The highest BCUT2D eigenvalue weighted by Gasteiger charge is 2.37. The van der Waals surface area contributed by atoms with Gasteiger partial charge in [-0.05, 0) is 52.0 Å². The Morgan fingerprint density at radius 3 is 2.63 bits per heavy atom. The van der Waals surface area contributed by atoms with Crippen LogP contribution in [0.1, 0.15) is 64.7 Å². The Morgan fingerprint density at radius 1 is 1.21 bits per heavy atom. The van der Waals surface area contributed by atoms with Gasteiger partial charge in [0.2, 0.25) is 5.91 Å². The van der Waals surface area contributed by atoms with E-state index in [1.165, 1.54) is 44.9 Å². The smallest absolute Gasteiger partial charge is 0.223 e. The Labute approximate surface area is 118 Å². The molecule has 3 heteroatoms. The molecule has 19 heavy (non-hydrogen) atoms. The first-order chi connectivity index (χ1) is 9.15. The highest BCUT2D eigenvalue weighted by molar-refractivity contribution is 5.77. The molecule has 0 aromatic heterocycles. The molecule has 3 nitrogen and oxygen atoms in total. The summed E-state index contributed by atoms with van der Waals surface area (Å²) in [6.07, 6.45) is 10.9.